The zero-order valence-electron chi connectivity index (χ0n) is 15.7. The van der Waals surface area contributed by atoms with Crippen LogP contribution in [0.4, 0.5) is 39.5 Å². The second-order valence-electron chi connectivity index (χ2n) is 6.28. The second-order valence-corrected chi connectivity index (χ2v) is 7.85. The lowest BCUT2D eigenvalue weighted by molar-refractivity contribution is -0.382. The molecule has 2 aromatic carbocycles. The lowest BCUT2D eigenvalue weighted by Gasteiger charge is -2.31. The van der Waals surface area contributed by atoms with Crippen LogP contribution in [0.2, 0.25) is 0 Å². The van der Waals surface area contributed by atoms with Crippen LogP contribution in [0, 0.1) is 0 Å². The van der Waals surface area contributed by atoms with Crippen molar-refractivity contribution in [3.8, 4) is 11.1 Å². The smallest absolute Gasteiger partial charge is 0.264 e. The second kappa shape index (κ2) is 8.30. The van der Waals surface area contributed by atoms with E-state index in [1.807, 2.05) is 0 Å². The van der Waals surface area contributed by atoms with Crippen molar-refractivity contribution >= 4 is 15.8 Å². The Bertz CT molecular complexity index is 1100. The third-order valence-corrected chi connectivity index (χ3v) is 5.26. The molecule has 0 unspecified atom stereocenters. The zero-order valence-corrected chi connectivity index (χ0v) is 16.5. The van der Waals surface area contributed by atoms with Gasteiger partial charge in [0.25, 0.3) is 0 Å². The van der Waals surface area contributed by atoms with Crippen LogP contribution < -0.4 is 0 Å². The molecule has 2 aromatic rings. The molecule has 0 atom stereocenters. The number of hydrogen-bond acceptors (Lipinski definition) is 4. The number of nitrogens with zero attached hydrogens (tertiary/aromatic N) is 1. The lowest BCUT2D eigenvalue weighted by Crippen LogP contribution is -2.63. The van der Waals surface area contributed by atoms with E-state index in [4.69, 9.17) is 0 Å². The molecule has 0 bridgehead atoms. The SMILES string of the molecule is C/C(=N\OS(=O)(=O)C(F)(F)C(F)(F)C(F)(F)C(F)(F)F)c1ccccc1-c1ccccc1. The van der Waals surface area contributed by atoms with Gasteiger partial charge in [0.15, 0.2) is 0 Å². The fourth-order valence-electron chi connectivity index (χ4n) is 2.39. The summed E-state index contributed by atoms with van der Waals surface area (Å²) >= 11 is 0. The predicted octanol–water partition coefficient (Wildman–Crippen LogP) is 5.85. The van der Waals surface area contributed by atoms with Crippen molar-refractivity contribution in [2.45, 2.75) is 30.2 Å². The summed E-state index contributed by atoms with van der Waals surface area (Å²) in [5, 5.41) is -4.22. The Morgan fingerprint density at radius 3 is 1.81 bits per heavy atom. The van der Waals surface area contributed by atoms with E-state index in [-0.39, 0.29) is 5.56 Å². The molecule has 0 saturated heterocycles. The van der Waals surface area contributed by atoms with E-state index in [2.05, 4.69) is 9.44 Å². The summed E-state index contributed by atoms with van der Waals surface area (Å²) in [5.41, 5.74) is 0.512. The molecule has 4 nitrogen and oxygen atoms in total. The van der Waals surface area contributed by atoms with Gasteiger partial charge in [-0.3, -0.25) is 4.28 Å². The fourth-order valence-corrected chi connectivity index (χ4v) is 3.13. The third-order valence-electron chi connectivity index (χ3n) is 4.10. The third kappa shape index (κ3) is 4.27. The van der Waals surface area contributed by atoms with E-state index in [0.717, 1.165) is 6.92 Å². The Kier molecular flexibility index (Phi) is 6.61. The van der Waals surface area contributed by atoms with Crippen molar-refractivity contribution < 1.29 is 52.2 Å². The Hall–Kier alpha value is -2.77. The molecule has 176 valence electrons. The Morgan fingerprint density at radius 2 is 1.28 bits per heavy atom. The summed E-state index contributed by atoms with van der Waals surface area (Å²) < 4.78 is 143. The molecule has 0 radical (unpaired) electrons. The van der Waals surface area contributed by atoms with Gasteiger partial charge in [-0.2, -0.15) is 47.9 Å². The molecular weight excluding hydrogens is 481 g/mol. The van der Waals surface area contributed by atoms with Crippen LogP contribution in [0.1, 0.15) is 12.5 Å². The highest BCUT2D eigenvalue weighted by molar-refractivity contribution is 7.87. The molecule has 0 heterocycles. The van der Waals surface area contributed by atoms with Crippen molar-refractivity contribution in [1.29, 1.82) is 0 Å². The molecule has 32 heavy (non-hydrogen) atoms. The maximum Gasteiger partial charge on any atom is 0.460 e. The minimum absolute atomic E-state index is 0.0737. The van der Waals surface area contributed by atoms with Crippen molar-refractivity contribution in [3.63, 3.8) is 0 Å². The first kappa shape index (κ1) is 25.5. The van der Waals surface area contributed by atoms with Crippen LogP contribution in [0.5, 0.6) is 0 Å². The molecule has 2 rings (SSSR count). The Labute approximate surface area is 175 Å². The molecule has 0 N–H and O–H groups in total. The van der Waals surface area contributed by atoms with Gasteiger partial charge in [-0.15, -0.1) is 0 Å². The molecule has 0 aromatic heterocycles. The van der Waals surface area contributed by atoms with Crippen LogP contribution in [0.25, 0.3) is 11.1 Å². The van der Waals surface area contributed by atoms with E-state index in [0.29, 0.717) is 11.1 Å². The summed E-state index contributed by atoms with van der Waals surface area (Å²) in [6, 6.07) is 13.9. The normalized spacial score (nSPS) is 14.4. The fraction of sp³-hybridized carbons (Fsp3) is 0.278. The topological polar surface area (TPSA) is 55.7 Å². The standard InChI is InChI=1S/C18H12F9NO3S/c1-11(13-9-5-6-10-14(13)12-7-3-2-4-8-12)28-31-32(29,30)18(26,27)16(21,22)15(19,20)17(23,24)25/h2-10H,1H3/b28-11+. The number of benzene rings is 2. The van der Waals surface area contributed by atoms with Crippen molar-refractivity contribution in [2.75, 3.05) is 0 Å². The lowest BCUT2D eigenvalue weighted by atomic mass is 9.97. The van der Waals surface area contributed by atoms with Gasteiger partial charge in [0.05, 0.1) is 5.71 Å². The van der Waals surface area contributed by atoms with Gasteiger partial charge < -0.3 is 0 Å². The molecule has 0 aliphatic rings. The van der Waals surface area contributed by atoms with E-state index < -0.39 is 39.1 Å². The molecule has 0 saturated carbocycles. The Balaban J connectivity index is 2.43. The molecule has 0 amide bonds. The largest absolute Gasteiger partial charge is 0.460 e. The summed E-state index contributed by atoms with van der Waals surface area (Å²) in [4.78, 5) is 0. The summed E-state index contributed by atoms with van der Waals surface area (Å²) in [6.07, 6.45) is -7.18. The molecule has 0 aliphatic heterocycles. The first-order chi connectivity index (χ1) is 14.5. The highest BCUT2D eigenvalue weighted by Gasteiger charge is 2.86. The maximum absolute atomic E-state index is 13.7. The molecule has 0 aliphatic carbocycles. The average molecular weight is 493 g/mol. The number of halogens is 9. The van der Waals surface area contributed by atoms with Gasteiger partial charge >= 0.3 is 33.4 Å². The van der Waals surface area contributed by atoms with Gasteiger partial charge in [0, 0.05) is 5.56 Å². The quantitative estimate of drug-likeness (QED) is 0.276. The van der Waals surface area contributed by atoms with Crippen molar-refractivity contribution in [2.24, 2.45) is 5.16 Å². The molecule has 0 fully saturated rings. The summed E-state index contributed by atoms with van der Waals surface area (Å²) in [7, 11) is -7.09. The van der Waals surface area contributed by atoms with E-state index in [9.17, 15) is 47.9 Å². The number of oxime groups is 1. The van der Waals surface area contributed by atoms with E-state index in [1.165, 1.54) is 18.2 Å². The number of rotatable bonds is 7. The van der Waals surface area contributed by atoms with Crippen LogP contribution in [0.15, 0.2) is 59.8 Å². The summed E-state index contributed by atoms with van der Waals surface area (Å²) in [5.74, 6) is -14.8. The van der Waals surface area contributed by atoms with Gasteiger partial charge in [0.2, 0.25) is 0 Å². The van der Waals surface area contributed by atoms with Gasteiger partial charge in [0.1, 0.15) is 0 Å². The molecular formula is C18H12F9NO3S. The zero-order chi connectivity index (χ0) is 24.6. The van der Waals surface area contributed by atoms with Gasteiger partial charge in [-0.25, -0.2) is 0 Å². The minimum atomic E-state index is -7.40. The first-order valence-corrected chi connectivity index (χ1v) is 9.71. The first-order valence-electron chi connectivity index (χ1n) is 8.30. The highest BCUT2D eigenvalue weighted by atomic mass is 32.2. The Morgan fingerprint density at radius 1 is 0.781 bits per heavy atom. The molecule has 14 heteroatoms. The number of alkyl halides is 9. The number of hydrogen-bond donors (Lipinski definition) is 0. The van der Waals surface area contributed by atoms with Crippen LogP contribution in [-0.2, 0) is 14.4 Å². The van der Waals surface area contributed by atoms with Crippen LogP contribution >= 0.6 is 0 Å². The van der Waals surface area contributed by atoms with Crippen LogP contribution in [-0.4, -0.2) is 37.4 Å². The van der Waals surface area contributed by atoms with E-state index >= 15 is 0 Å². The van der Waals surface area contributed by atoms with Gasteiger partial charge in [-0.05, 0) is 18.1 Å². The summed E-state index contributed by atoms with van der Waals surface area (Å²) in [6.45, 7) is 1.01. The van der Waals surface area contributed by atoms with Crippen LogP contribution in [0.3, 0.4) is 0 Å². The molecule has 0 spiro atoms. The monoisotopic (exact) mass is 493 g/mol. The van der Waals surface area contributed by atoms with Gasteiger partial charge in [-0.1, -0.05) is 59.8 Å². The minimum Gasteiger partial charge on any atom is -0.264 e. The van der Waals surface area contributed by atoms with Crippen molar-refractivity contribution in [3.05, 3.63) is 60.2 Å². The van der Waals surface area contributed by atoms with E-state index in [1.54, 1.807) is 36.4 Å². The average Bonchev–Trinajstić information content (AvgIpc) is 2.71. The highest BCUT2D eigenvalue weighted by Crippen LogP contribution is 2.55. The predicted molar refractivity (Wildman–Crippen MR) is 95.0 cm³/mol. The van der Waals surface area contributed by atoms with Crippen molar-refractivity contribution in [1.82, 2.24) is 0 Å². The maximum atomic E-state index is 13.7.